The van der Waals surface area contributed by atoms with Crippen LogP contribution in [0.1, 0.15) is 16.8 Å². The fourth-order valence-electron chi connectivity index (χ4n) is 3.06. The first kappa shape index (κ1) is 20.1. The maximum Gasteiger partial charge on any atom is 0.176 e. The summed E-state index contributed by atoms with van der Waals surface area (Å²) in [7, 11) is 0. The Bertz CT molecular complexity index is 1130. The van der Waals surface area contributed by atoms with Crippen LogP contribution in [0.2, 0.25) is 5.02 Å². The summed E-state index contributed by atoms with van der Waals surface area (Å²) in [6, 6.07) is 19.9. The van der Waals surface area contributed by atoms with Crippen LogP contribution >= 0.6 is 23.8 Å². The van der Waals surface area contributed by atoms with Crippen LogP contribution in [0.3, 0.4) is 0 Å². The third-order valence-corrected chi connectivity index (χ3v) is 5.00. The van der Waals surface area contributed by atoms with E-state index >= 15 is 0 Å². The van der Waals surface area contributed by atoms with Crippen LogP contribution in [-0.2, 0) is 13.1 Å². The third kappa shape index (κ3) is 5.25. The molecule has 0 aliphatic rings. The van der Waals surface area contributed by atoms with Crippen LogP contribution in [0.5, 0.6) is 0 Å². The first-order valence-electron chi connectivity index (χ1n) is 9.48. The minimum atomic E-state index is 0.463. The quantitative estimate of drug-likeness (QED) is 0.419. The van der Waals surface area contributed by atoms with Crippen molar-refractivity contribution in [2.24, 2.45) is 0 Å². The van der Waals surface area contributed by atoms with Gasteiger partial charge in [0, 0.05) is 23.0 Å². The molecule has 0 amide bonds. The number of benzene rings is 2. The highest BCUT2D eigenvalue weighted by Crippen LogP contribution is 2.15. The molecule has 2 aromatic carbocycles. The molecule has 0 saturated heterocycles. The van der Waals surface area contributed by atoms with Gasteiger partial charge in [0.15, 0.2) is 10.9 Å². The molecule has 0 fully saturated rings. The van der Waals surface area contributed by atoms with Gasteiger partial charge in [-0.3, -0.25) is 9.36 Å². The number of aryl methyl sites for hydroxylation is 1. The van der Waals surface area contributed by atoms with E-state index in [1.54, 1.807) is 6.20 Å². The van der Waals surface area contributed by atoms with Gasteiger partial charge in [-0.1, -0.05) is 54.1 Å². The van der Waals surface area contributed by atoms with E-state index in [1.165, 1.54) is 5.56 Å². The average molecular weight is 437 g/mol. The van der Waals surface area contributed by atoms with Gasteiger partial charge in [-0.25, -0.2) is 0 Å². The van der Waals surface area contributed by atoms with E-state index in [4.69, 9.17) is 23.8 Å². The molecular formula is C22H21ClN6S. The molecular weight excluding hydrogens is 416 g/mol. The van der Waals surface area contributed by atoms with Crippen molar-refractivity contribution in [2.45, 2.75) is 20.0 Å². The molecule has 30 heavy (non-hydrogen) atoms. The summed E-state index contributed by atoms with van der Waals surface area (Å²) in [6.07, 6.45) is 3.67. The number of nitrogens with one attached hydrogen (secondary N) is 2. The van der Waals surface area contributed by atoms with Crippen molar-refractivity contribution in [3.05, 3.63) is 94.9 Å². The van der Waals surface area contributed by atoms with E-state index in [1.807, 2.05) is 71.0 Å². The lowest BCUT2D eigenvalue weighted by Gasteiger charge is -2.07. The van der Waals surface area contributed by atoms with Gasteiger partial charge in [0.1, 0.15) is 0 Å². The topological polar surface area (TPSA) is 59.7 Å². The maximum absolute atomic E-state index is 5.96. The minimum Gasteiger partial charge on any atom is -0.330 e. The normalized spacial score (nSPS) is 10.7. The Labute approximate surface area is 185 Å². The van der Waals surface area contributed by atoms with Crippen LogP contribution in [0.25, 0.3) is 0 Å². The summed E-state index contributed by atoms with van der Waals surface area (Å²) < 4.78 is 3.79. The zero-order valence-corrected chi connectivity index (χ0v) is 18.0. The number of nitrogens with zero attached hydrogens (tertiary/aromatic N) is 4. The number of anilines is 2. The Hall–Kier alpha value is -3.16. The van der Waals surface area contributed by atoms with Crippen LogP contribution in [-0.4, -0.2) is 24.7 Å². The largest absolute Gasteiger partial charge is 0.330 e. The van der Waals surface area contributed by atoms with E-state index in [0.29, 0.717) is 24.0 Å². The molecule has 4 aromatic rings. The van der Waals surface area contributed by atoms with Crippen LogP contribution in [0.4, 0.5) is 11.5 Å². The van der Waals surface area contributed by atoms with Gasteiger partial charge < -0.3 is 10.6 Å². The predicted molar refractivity (Wildman–Crippen MR) is 125 cm³/mol. The lowest BCUT2D eigenvalue weighted by atomic mass is 10.2. The zero-order valence-electron chi connectivity index (χ0n) is 16.4. The van der Waals surface area contributed by atoms with Crippen molar-refractivity contribution in [1.29, 1.82) is 0 Å². The summed E-state index contributed by atoms with van der Waals surface area (Å²) in [4.78, 5) is 0. The van der Waals surface area contributed by atoms with Gasteiger partial charge in [0.2, 0.25) is 0 Å². The predicted octanol–water partition coefficient (Wildman–Crippen LogP) is 4.95. The Balaban J connectivity index is 1.35. The number of thiocarbonyl (C=S) groups is 1. The molecule has 0 radical (unpaired) electrons. The first-order valence-corrected chi connectivity index (χ1v) is 10.3. The highest BCUT2D eigenvalue weighted by atomic mass is 35.5. The Morgan fingerprint density at radius 1 is 1.00 bits per heavy atom. The molecule has 2 N–H and O–H groups in total. The second kappa shape index (κ2) is 9.11. The average Bonchev–Trinajstić information content (AvgIpc) is 3.30. The van der Waals surface area contributed by atoms with Crippen molar-refractivity contribution in [1.82, 2.24) is 19.6 Å². The SMILES string of the molecule is Cc1cc(NC(=S)Nc2cnn(Cc3ccccc3)c2)nn1Cc1ccc(Cl)cc1. The number of rotatable bonds is 6. The molecule has 8 heteroatoms. The van der Waals surface area contributed by atoms with E-state index < -0.39 is 0 Å². The highest BCUT2D eigenvalue weighted by molar-refractivity contribution is 7.80. The second-order valence-electron chi connectivity index (χ2n) is 6.95. The van der Waals surface area contributed by atoms with E-state index in [2.05, 4.69) is 33.0 Å². The van der Waals surface area contributed by atoms with Crippen molar-refractivity contribution < 1.29 is 0 Å². The van der Waals surface area contributed by atoms with E-state index in [-0.39, 0.29) is 0 Å². The number of hydrogen-bond acceptors (Lipinski definition) is 3. The van der Waals surface area contributed by atoms with Crippen molar-refractivity contribution in [3.63, 3.8) is 0 Å². The summed E-state index contributed by atoms with van der Waals surface area (Å²) in [5, 5.41) is 16.5. The molecule has 0 saturated carbocycles. The molecule has 0 aliphatic carbocycles. The molecule has 0 spiro atoms. The first-order chi connectivity index (χ1) is 14.5. The third-order valence-electron chi connectivity index (χ3n) is 4.55. The standard InChI is InChI=1S/C22H21ClN6S/c1-16-11-21(27-29(16)14-18-7-9-19(23)10-8-18)26-22(30)25-20-12-24-28(15-20)13-17-5-3-2-4-6-17/h2-12,15H,13-14H2,1H3,(H2,25,26,27,30). The monoisotopic (exact) mass is 436 g/mol. The lowest BCUT2D eigenvalue weighted by Crippen LogP contribution is -2.19. The molecule has 2 heterocycles. The number of halogens is 1. The molecule has 0 atom stereocenters. The van der Waals surface area contributed by atoms with Gasteiger partial charge in [-0.05, 0) is 42.4 Å². The summed E-state index contributed by atoms with van der Waals surface area (Å²) >= 11 is 11.4. The van der Waals surface area contributed by atoms with E-state index in [9.17, 15) is 0 Å². The number of hydrogen-bond donors (Lipinski definition) is 2. The fraction of sp³-hybridized carbons (Fsp3) is 0.136. The molecule has 0 aliphatic heterocycles. The van der Waals surface area contributed by atoms with Crippen molar-refractivity contribution in [2.75, 3.05) is 10.6 Å². The van der Waals surface area contributed by atoms with Gasteiger partial charge in [0.25, 0.3) is 0 Å². The van der Waals surface area contributed by atoms with E-state index in [0.717, 1.165) is 22.0 Å². The number of aromatic nitrogens is 4. The zero-order chi connectivity index (χ0) is 20.9. The van der Waals surface area contributed by atoms with Crippen LogP contribution in [0.15, 0.2) is 73.1 Å². The van der Waals surface area contributed by atoms with Crippen LogP contribution < -0.4 is 10.6 Å². The Morgan fingerprint density at radius 3 is 2.50 bits per heavy atom. The van der Waals surface area contributed by atoms with Gasteiger partial charge in [-0.2, -0.15) is 10.2 Å². The Morgan fingerprint density at radius 2 is 1.73 bits per heavy atom. The molecule has 0 unspecified atom stereocenters. The second-order valence-corrected chi connectivity index (χ2v) is 7.79. The van der Waals surface area contributed by atoms with Crippen LogP contribution in [0, 0.1) is 6.92 Å². The van der Waals surface area contributed by atoms with Gasteiger partial charge in [0.05, 0.1) is 25.0 Å². The molecule has 6 nitrogen and oxygen atoms in total. The molecule has 0 bridgehead atoms. The Kier molecular flexibility index (Phi) is 6.11. The van der Waals surface area contributed by atoms with Crippen molar-refractivity contribution >= 4 is 40.4 Å². The van der Waals surface area contributed by atoms with Gasteiger partial charge in [-0.15, -0.1) is 0 Å². The van der Waals surface area contributed by atoms with Crippen molar-refractivity contribution in [3.8, 4) is 0 Å². The van der Waals surface area contributed by atoms with Gasteiger partial charge >= 0.3 is 0 Å². The fourth-order valence-corrected chi connectivity index (χ4v) is 3.41. The minimum absolute atomic E-state index is 0.463. The summed E-state index contributed by atoms with van der Waals surface area (Å²) in [5.74, 6) is 0.690. The molecule has 2 aromatic heterocycles. The smallest absolute Gasteiger partial charge is 0.176 e. The summed E-state index contributed by atoms with van der Waals surface area (Å²) in [6.45, 7) is 3.38. The molecule has 152 valence electrons. The molecule has 4 rings (SSSR count). The highest BCUT2D eigenvalue weighted by Gasteiger charge is 2.08. The summed E-state index contributed by atoms with van der Waals surface area (Å²) in [5.41, 5.74) is 4.17. The maximum atomic E-state index is 5.96. The lowest BCUT2D eigenvalue weighted by molar-refractivity contribution is 0.668.